The molecule has 0 aromatic heterocycles. The molecule has 0 bridgehead atoms. The highest BCUT2D eigenvalue weighted by Crippen LogP contribution is 2.15. The lowest BCUT2D eigenvalue weighted by molar-refractivity contribution is -0.112. The zero-order valence-electron chi connectivity index (χ0n) is 13.2. The van der Waals surface area contributed by atoms with Crippen molar-refractivity contribution in [1.29, 1.82) is 5.26 Å². The van der Waals surface area contributed by atoms with E-state index in [9.17, 15) is 13.2 Å². The number of aryl methyl sites for hydroxylation is 1. The molecule has 128 valence electrons. The van der Waals surface area contributed by atoms with Gasteiger partial charge < -0.3 is 10.6 Å². The van der Waals surface area contributed by atoms with Crippen LogP contribution in [-0.4, -0.2) is 18.9 Å². The second-order valence-corrected chi connectivity index (χ2v) is 6.56. The Hall–Kier alpha value is -3.15. The van der Waals surface area contributed by atoms with E-state index in [0.29, 0.717) is 0 Å². The highest BCUT2D eigenvalue weighted by atomic mass is 32.2. The Morgan fingerprint density at radius 1 is 1.16 bits per heavy atom. The van der Waals surface area contributed by atoms with Crippen LogP contribution in [0.25, 0.3) is 0 Å². The predicted octanol–water partition coefficient (Wildman–Crippen LogP) is 2.70. The molecule has 8 heteroatoms. The first-order valence-corrected chi connectivity index (χ1v) is 8.56. The molecule has 7 nitrogen and oxygen atoms in total. The number of benzene rings is 2. The number of nitriles is 1. The smallest absolute Gasteiger partial charge is 0.294 e. The molecule has 0 spiro atoms. The highest BCUT2D eigenvalue weighted by molar-refractivity contribution is 7.85. The molecule has 0 fully saturated rings. The van der Waals surface area contributed by atoms with E-state index in [1.54, 1.807) is 12.1 Å². The van der Waals surface area contributed by atoms with E-state index in [4.69, 9.17) is 9.81 Å². The Labute approximate surface area is 145 Å². The van der Waals surface area contributed by atoms with Crippen molar-refractivity contribution >= 4 is 27.4 Å². The van der Waals surface area contributed by atoms with Gasteiger partial charge in [0.05, 0.1) is 4.90 Å². The number of hydrogen-bond acceptors (Lipinski definition) is 5. The lowest BCUT2D eigenvalue weighted by Gasteiger charge is -2.06. The van der Waals surface area contributed by atoms with Gasteiger partial charge in [-0.25, -0.2) is 0 Å². The first kappa shape index (κ1) is 18.2. The molecule has 0 saturated heterocycles. The first-order valence-electron chi connectivity index (χ1n) is 7.12. The van der Waals surface area contributed by atoms with Crippen LogP contribution in [0.1, 0.15) is 5.56 Å². The van der Waals surface area contributed by atoms with Crippen molar-refractivity contribution in [1.82, 2.24) is 0 Å². The second kappa shape index (κ2) is 7.61. The zero-order chi connectivity index (χ0) is 18.4. The van der Waals surface area contributed by atoms with Crippen LogP contribution < -0.4 is 10.6 Å². The molecule has 3 N–H and O–H groups in total. The quantitative estimate of drug-likeness (QED) is 0.430. The number of amides is 1. The van der Waals surface area contributed by atoms with Gasteiger partial charge in [-0.05, 0) is 48.9 Å². The summed E-state index contributed by atoms with van der Waals surface area (Å²) < 4.78 is 30.9. The molecule has 0 heterocycles. The number of carbonyl (C=O) groups excluding carboxylic acids is 1. The maximum atomic E-state index is 12.1. The minimum atomic E-state index is -4.30. The highest BCUT2D eigenvalue weighted by Gasteiger charge is 2.12. The maximum absolute atomic E-state index is 12.1. The predicted molar refractivity (Wildman–Crippen MR) is 93.4 cm³/mol. The maximum Gasteiger partial charge on any atom is 0.294 e. The molecule has 2 aromatic carbocycles. The van der Waals surface area contributed by atoms with Crippen molar-refractivity contribution in [3.8, 4) is 6.07 Å². The standard InChI is InChI=1S/C17H15N3O4S/c1-12-3-2-4-15(9-12)19-11-13(10-18)17(21)20-14-5-7-16(8-6-14)25(22,23)24/h2-9,11,19H,1H3,(H,20,21)(H,22,23,24)/b13-11-. The summed E-state index contributed by atoms with van der Waals surface area (Å²) in [6.07, 6.45) is 1.29. The van der Waals surface area contributed by atoms with Crippen LogP contribution in [-0.2, 0) is 14.9 Å². The third kappa shape index (κ3) is 5.17. The Bertz CT molecular complexity index is 958. The number of carbonyl (C=O) groups is 1. The Morgan fingerprint density at radius 2 is 1.84 bits per heavy atom. The van der Waals surface area contributed by atoms with Gasteiger partial charge >= 0.3 is 0 Å². The lowest BCUT2D eigenvalue weighted by atomic mass is 10.2. The van der Waals surface area contributed by atoms with Crippen LogP contribution in [0.15, 0.2) is 65.2 Å². The molecule has 1 amide bonds. The fourth-order valence-corrected chi connectivity index (χ4v) is 2.43. The summed E-state index contributed by atoms with van der Waals surface area (Å²) in [6.45, 7) is 1.92. The van der Waals surface area contributed by atoms with E-state index in [1.807, 2.05) is 25.1 Å². The Kier molecular flexibility index (Phi) is 5.54. The molecule has 25 heavy (non-hydrogen) atoms. The summed E-state index contributed by atoms with van der Waals surface area (Å²) in [4.78, 5) is 11.8. The van der Waals surface area contributed by atoms with Crippen LogP contribution in [0, 0.1) is 18.3 Å². The first-order chi connectivity index (χ1) is 11.8. The molecule has 0 unspecified atom stereocenters. The van der Waals surface area contributed by atoms with Gasteiger partial charge in [-0.1, -0.05) is 12.1 Å². The third-order valence-electron chi connectivity index (χ3n) is 3.18. The van der Waals surface area contributed by atoms with Gasteiger partial charge in [-0.15, -0.1) is 0 Å². The summed E-state index contributed by atoms with van der Waals surface area (Å²) in [6, 6.07) is 14.1. The monoisotopic (exact) mass is 357 g/mol. The molecule has 0 aliphatic heterocycles. The molecule has 0 aliphatic rings. The molecule has 2 aromatic rings. The normalized spacial score (nSPS) is 11.5. The van der Waals surface area contributed by atoms with Crippen LogP contribution in [0.3, 0.4) is 0 Å². The summed E-state index contributed by atoms with van der Waals surface area (Å²) >= 11 is 0. The van der Waals surface area contributed by atoms with Crippen LogP contribution in [0.4, 0.5) is 11.4 Å². The Balaban J connectivity index is 2.09. The molecular formula is C17H15N3O4S. The molecule has 0 atom stereocenters. The average molecular weight is 357 g/mol. The van der Waals surface area contributed by atoms with Crippen molar-refractivity contribution < 1.29 is 17.8 Å². The number of rotatable bonds is 5. The number of hydrogen-bond donors (Lipinski definition) is 3. The van der Waals surface area contributed by atoms with Crippen LogP contribution in [0.2, 0.25) is 0 Å². The average Bonchev–Trinajstić information content (AvgIpc) is 2.55. The van der Waals surface area contributed by atoms with Crippen molar-refractivity contribution in [2.45, 2.75) is 11.8 Å². The van der Waals surface area contributed by atoms with Crippen LogP contribution >= 0.6 is 0 Å². The van der Waals surface area contributed by atoms with Gasteiger partial charge in [-0.3, -0.25) is 9.35 Å². The minimum Gasteiger partial charge on any atom is -0.360 e. The van der Waals surface area contributed by atoms with Gasteiger partial charge in [-0.2, -0.15) is 13.7 Å². The second-order valence-electron chi connectivity index (χ2n) is 5.14. The van der Waals surface area contributed by atoms with Crippen molar-refractivity contribution in [3.63, 3.8) is 0 Å². The molecule has 2 rings (SSSR count). The molecule has 0 saturated carbocycles. The summed E-state index contributed by atoms with van der Waals surface area (Å²) in [5.74, 6) is -0.651. The van der Waals surface area contributed by atoms with Gasteiger partial charge in [0.15, 0.2) is 0 Å². The molecular weight excluding hydrogens is 342 g/mol. The topological polar surface area (TPSA) is 119 Å². The zero-order valence-corrected chi connectivity index (χ0v) is 14.0. The summed E-state index contributed by atoms with van der Waals surface area (Å²) in [7, 11) is -4.30. The lowest BCUT2D eigenvalue weighted by Crippen LogP contribution is -2.14. The molecule has 0 aliphatic carbocycles. The fourth-order valence-electron chi connectivity index (χ4n) is 1.95. The third-order valence-corrected chi connectivity index (χ3v) is 4.04. The van der Waals surface area contributed by atoms with Gasteiger partial charge in [0.1, 0.15) is 11.6 Å². The van der Waals surface area contributed by atoms with Gasteiger partial charge in [0, 0.05) is 17.6 Å². The van der Waals surface area contributed by atoms with Crippen LogP contribution in [0.5, 0.6) is 0 Å². The van der Waals surface area contributed by atoms with E-state index >= 15 is 0 Å². The van der Waals surface area contributed by atoms with E-state index in [1.165, 1.54) is 18.3 Å². The van der Waals surface area contributed by atoms with E-state index < -0.39 is 16.0 Å². The molecule has 0 radical (unpaired) electrons. The van der Waals surface area contributed by atoms with E-state index in [0.717, 1.165) is 23.4 Å². The number of anilines is 2. The SMILES string of the molecule is Cc1cccc(N/C=C(/C#N)C(=O)Nc2ccc(S(=O)(=O)O)cc2)c1. The van der Waals surface area contributed by atoms with Gasteiger partial charge in [0.25, 0.3) is 16.0 Å². The minimum absolute atomic E-state index is 0.152. The van der Waals surface area contributed by atoms with E-state index in [2.05, 4.69) is 10.6 Å². The van der Waals surface area contributed by atoms with Gasteiger partial charge in [0.2, 0.25) is 0 Å². The number of nitrogens with one attached hydrogen (secondary N) is 2. The van der Waals surface area contributed by atoms with Crippen molar-refractivity contribution in [2.24, 2.45) is 0 Å². The summed E-state index contributed by atoms with van der Waals surface area (Å²) in [5.41, 5.74) is 1.90. The van der Waals surface area contributed by atoms with Crippen molar-refractivity contribution in [3.05, 3.63) is 65.9 Å². The van der Waals surface area contributed by atoms with Crippen molar-refractivity contribution in [2.75, 3.05) is 10.6 Å². The summed E-state index contributed by atoms with van der Waals surface area (Å²) in [5, 5.41) is 14.5. The Morgan fingerprint density at radius 3 is 2.40 bits per heavy atom. The largest absolute Gasteiger partial charge is 0.360 e. The fraction of sp³-hybridized carbons (Fsp3) is 0.0588. The number of nitrogens with zero attached hydrogens (tertiary/aromatic N) is 1. The van der Waals surface area contributed by atoms with E-state index in [-0.39, 0.29) is 16.2 Å².